The van der Waals surface area contributed by atoms with Gasteiger partial charge in [0, 0.05) is 28.3 Å². The zero-order valence-corrected chi connectivity index (χ0v) is 13.0. The van der Waals surface area contributed by atoms with Gasteiger partial charge in [0.1, 0.15) is 0 Å². The summed E-state index contributed by atoms with van der Waals surface area (Å²) in [7, 11) is 1.69. The van der Waals surface area contributed by atoms with Gasteiger partial charge in [-0.25, -0.2) is 0 Å². The van der Waals surface area contributed by atoms with Crippen LogP contribution in [0.15, 0.2) is 0 Å². The fourth-order valence-corrected chi connectivity index (χ4v) is 3.46. The molecule has 68 valence electrons. The molecular weight excluding hydrogens is 223 g/mol. The number of carbonyl (C=O) groups excluding carboxylic acids is 1. The van der Waals surface area contributed by atoms with Crippen molar-refractivity contribution in [3.05, 3.63) is 0 Å². The molecule has 0 N–H and O–H groups in total. The van der Waals surface area contributed by atoms with Crippen molar-refractivity contribution in [1.29, 1.82) is 0 Å². The van der Waals surface area contributed by atoms with E-state index in [0.29, 0.717) is 0 Å². The summed E-state index contributed by atoms with van der Waals surface area (Å²) in [6, 6.07) is 0. The van der Waals surface area contributed by atoms with Crippen LogP contribution in [0, 0.1) is 0 Å². The summed E-state index contributed by atoms with van der Waals surface area (Å²) in [5.74, 6) is 0. The maximum Gasteiger partial charge on any atom is 1.00 e. The van der Waals surface area contributed by atoms with Crippen LogP contribution in [-0.4, -0.2) is 34.4 Å². The predicted octanol–water partition coefficient (Wildman–Crippen LogP) is -2.24. The second-order valence-electron chi connectivity index (χ2n) is 1.71. The van der Waals surface area contributed by atoms with Crippen LogP contribution < -0.4 is 51.4 Å². The Labute approximate surface area is 122 Å². The van der Waals surface area contributed by atoms with Crippen LogP contribution >= 0.6 is 11.2 Å². The molecule has 7 heteroatoms. The summed E-state index contributed by atoms with van der Waals surface area (Å²) in [5, 5.41) is -0.0674. The van der Waals surface area contributed by atoms with E-state index in [1.807, 2.05) is 0 Å². The van der Waals surface area contributed by atoms with Gasteiger partial charge in [0.2, 0.25) is 0 Å². The van der Waals surface area contributed by atoms with Crippen LogP contribution in [0.2, 0.25) is 0 Å². The smallest absolute Gasteiger partial charge is 1.00 e. The maximum absolute atomic E-state index is 10.7. The van der Waals surface area contributed by atoms with Crippen molar-refractivity contribution in [2.24, 2.45) is 0 Å². The molecule has 0 saturated heterocycles. The predicted molar refractivity (Wildman–Crippen MR) is 46.2 cm³/mol. The molecule has 0 bridgehead atoms. The van der Waals surface area contributed by atoms with E-state index in [1.165, 1.54) is 28.3 Å². The first-order valence-corrected chi connectivity index (χ1v) is 6.22. The van der Waals surface area contributed by atoms with E-state index in [9.17, 15) is 4.79 Å². The number of hydrogen-bond acceptors (Lipinski definition) is 5. The van der Waals surface area contributed by atoms with Gasteiger partial charge >= 0.3 is 59.3 Å². The normalized spacial score (nSPS) is 10.7. The Balaban J connectivity index is -0.000000500. The van der Waals surface area contributed by atoms with E-state index in [2.05, 4.69) is 0 Å². The second kappa shape index (κ2) is 8.09. The number of carbonyl (C=O) groups is 1. The SMILES string of the molecule is CO[Si](OC)(OC)SC(C)=O.[H-].[K+]. The van der Waals surface area contributed by atoms with Crippen molar-refractivity contribution < 1.29 is 70.9 Å². The fourth-order valence-electron chi connectivity index (χ4n) is 0.551. The van der Waals surface area contributed by atoms with Gasteiger partial charge in [-0.1, -0.05) is 0 Å². The number of rotatable bonds is 4. The monoisotopic (exact) mass is 236 g/mol. The van der Waals surface area contributed by atoms with Crippen molar-refractivity contribution in [2.75, 3.05) is 21.3 Å². The third kappa shape index (κ3) is 5.48. The first-order valence-electron chi connectivity index (χ1n) is 2.95. The molecule has 0 atom stereocenters. The van der Waals surface area contributed by atoms with Crippen LogP contribution in [0.3, 0.4) is 0 Å². The Morgan fingerprint density at radius 3 is 1.67 bits per heavy atom. The minimum Gasteiger partial charge on any atom is -1.00 e. The summed E-state index contributed by atoms with van der Waals surface area (Å²) in [5.41, 5.74) is 0. The van der Waals surface area contributed by atoms with Gasteiger partial charge in [0.15, 0.2) is 5.12 Å². The Bertz CT molecular complexity index is 138. The number of hydrogen-bond donors (Lipinski definition) is 0. The van der Waals surface area contributed by atoms with Gasteiger partial charge in [0.05, 0.1) is 0 Å². The van der Waals surface area contributed by atoms with Crippen molar-refractivity contribution >= 4 is 24.3 Å². The van der Waals surface area contributed by atoms with Crippen LogP contribution in [0.5, 0.6) is 0 Å². The van der Waals surface area contributed by atoms with Crippen LogP contribution in [-0.2, 0) is 18.1 Å². The molecule has 0 amide bonds. The zero-order chi connectivity index (χ0) is 8.91. The van der Waals surface area contributed by atoms with E-state index in [-0.39, 0.29) is 57.9 Å². The van der Waals surface area contributed by atoms with E-state index in [4.69, 9.17) is 13.3 Å². The second-order valence-corrected chi connectivity index (χ2v) is 6.82. The first-order chi connectivity index (χ1) is 5.10. The van der Waals surface area contributed by atoms with Gasteiger partial charge in [-0.2, -0.15) is 0 Å². The molecule has 0 spiro atoms. The Hall–Kier alpha value is 1.75. The molecule has 0 aromatic carbocycles. The van der Waals surface area contributed by atoms with Crippen LogP contribution in [0.25, 0.3) is 0 Å². The minimum absolute atomic E-state index is 0. The van der Waals surface area contributed by atoms with E-state index in [1.54, 1.807) is 0 Å². The summed E-state index contributed by atoms with van der Waals surface area (Å²) in [6.07, 6.45) is 0. The molecule has 0 aliphatic rings. The molecule has 0 aliphatic carbocycles. The maximum atomic E-state index is 10.7. The van der Waals surface area contributed by atoms with Gasteiger partial charge in [-0.3, -0.25) is 4.79 Å². The molecule has 0 radical (unpaired) electrons. The largest absolute Gasteiger partial charge is 1.00 e. The fraction of sp³-hybridized carbons (Fsp3) is 0.800. The summed E-state index contributed by atoms with van der Waals surface area (Å²) in [6.45, 7) is 1.45. The third-order valence-corrected chi connectivity index (χ3v) is 6.17. The molecule has 0 saturated carbocycles. The average molecular weight is 236 g/mol. The van der Waals surface area contributed by atoms with Gasteiger partial charge in [-0.05, 0) is 11.2 Å². The molecule has 12 heavy (non-hydrogen) atoms. The molecular formula is C5H13KO4SSi. The quantitative estimate of drug-likeness (QED) is 0.516. The molecule has 0 unspecified atom stereocenters. The van der Waals surface area contributed by atoms with Crippen LogP contribution in [0.4, 0.5) is 0 Å². The molecule has 0 aromatic rings. The van der Waals surface area contributed by atoms with Crippen LogP contribution in [0.1, 0.15) is 8.35 Å². The molecule has 4 nitrogen and oxygen atoms in total. The molecule has 0 fully saturated rings. The third-order valence-electron chi connectivity index (χ3n) is 1.02. The molecule has 0 aliphatic heterocycles. The minimum atomic E-state index is -2.71. The Morgan fingerprint density at radius 1 is 1.25 bits per heavy atom. The van der Waals surface area contributed by atoms with Crippen molar-refractivity contribution in [1.82, 2.24) is 0 Å². The topological polar surface area (TPSA) is 44.8 Å². The Kier molecular flexibility index (Phi) is 10.9. The van der Waals surface area contributed by atoms with E-state index >= 15 is 0 Å². The zero-order valence-electron chi connectivity index (χ0n) is 9.04. The van der Waals surface area contributed by atoms with E-state index < -0.39 is 7.95 Å². The van der Waals surface area contributed by atoms with Crippen molar-refractivity contribution in [3.8, 4) is 0 Å². The first kappa shape index (κ1) is 16.2. The van der Waals surface area contributed by atoms with Gasteiger partial charge in [0.25, 0.3) is 0 Å². The molecule has 0 rings (SSSR count). The van der Waals surface area contributed by atoms with Crippen molar-refractivity contribution in [2.45, 2.75) is 6.92 Å². The van der Waals surface area contributed by atoms with E-state index in [0.717, 1.165) is 11.2 Å². The summed E-state index contributed by atoms with van der Waals surface area (Å²) in [4.78, 5) is 10.7. The van der Waals surface area contributed by atoms with Gasteiger partial charge < -0.3 is 14.7 Å². The molecule has 0 heterocycles. The summed E-state index contributed by atoms with van der Waals surface area (Å²) < 4.78 is 15.0. The standard InChI is InChI=1S/C5H12O4SSi.K.H/c1-5(6)10-11(7-2,8-3)9-4;;/h1-4H3;;/q;+1;-1. The summed E-state index contributed by atoms with van der Waals surface area (Å²) >= 11 is 0.980. The Morgan fingerprint density at radius 2 is 1.58 bits per heavy atom. The average Bonchev–Trinajstić information content (AvgIpc) is 2.00. The van der Waals surface area contributed by atoms with Gasteiger partial charge in [-0.15, -0.1) is 0 Å². The molecule has 0 aromatic heterocycles. The van der Waals surface area contributed by atoms with Crippen molar-refractivity contribution in [3.63, 3.8) is 0 Å².